The van der Waals surface area contributed by atoms with E-state index >= 15 is 0 Å². The molecule has 0 aliphatic carbocycles. The van der Waals surface area contributed by atoms with Crippen LogP contribution in [0.2, 0.25) is 0 Å². The fraction of sp³-hybridized carbons (Fsp3) is 0.450. The summed E-state index contributed by atoms with van der Waals surface area (Å²) in [4.78, 5) is 16.5. The van der Waals surface area contributed by atoms with Gasteiger partial charge < -0.3 is 14.6 Å². The third kappa shape index (κ3) is 5.36. The molecule has 2 aromatic rings. The number of furan rings is 1. The van der Waals surface area contributed by atoms with Crippen LogP contribution in [-0.4, -0.2) is 37.5 Å². The molecule has 0 saturated carbocycles. The van der Waals surface area contributed by atoms with E-state index in [-0.39, 0.29) is 5.91 Å². The molecule has 1 saturated heterocycles. The maximum Gasteiger partial charge on any atom is 0.234 e. The summed E-state index contributed by atoms with van der Waals surface area (Å²) in [6, 6.07) is 12.4. The van der Waals surface area contributed by atoms with E-state index in [2.05, 4.69) is 34.5 Å². The first-order chi connectivity index (χ1) is 12.2. The maximum atomic E-state index is 12.0. The zero-order valence-electron chi connectivity index (χ0n) is 14.9. The molecule has 1 aromatic heterocycles. The van der Waals surface area contributed by atoms with Crippen molar-refractivity contribution in [2.75, 3.05) is 31.6 Å². The van der Waals surface area contributed by atoms with Crippen molar-refractivity contribution >= 4 is 11.6 Å². The van der Waals surface area contributed by atoms with Crippen LogP contribution in [0.25, 0.3) is 0 Å². The van der Waals surface area contributed by atoms with Crippen molar-refractivity contribution < 1.29 is 9.21 Å². The monoisotopic (exact) mass is 341 g/mol. The van der Waals surface area contributed by atoms with Crippen LogP contribution >= 0.6 is 0 Å². The average Bonchev–Trinajstić information content (AvgIpc) is 3.15. The number of piperidine rings is 1. The quantitative estimate of drug-likeness (QED) is 0.841. The van der Waals surface area contributed by atoms with Gasteiger partial charge in [-0.05, 0) is 56.1 Å². The minimum atomic E-state index is 0.00355. The molecule has 0 bridgehead atoms. The van der Waals surface area contributed by atoms with Gasteiger partial charge in [0, 0.05) is 25.3 Å². The van der Waals surface area contributed by atoms with E-state index in [0.29, 0.717) is 13.1 Å². The number of hydrogen-bond acceptors (Lipinski definition) is 4. The summed E-state index contributed by atoms with van der Waals surface area (Å²) >= 11 is 0. The lowest BCUT2D eigenvalue weighted by molar-refractivity contribution is -0.122. The number of nitrogens with zero attached hydrogens (tertiary/aromatic N) is 2. The molecular weight excluding hydrogens is 314 g/mol. The highest BCUT2D eigenvalue weighted by molar-refractivity contribution is 5.77. The first-order valence-electron chi connectivity index (χ1n) is 9.02. The Balaban J connectivity index is 1.43. The standard InChI is InChI=1S/C20H27N3O2/c1-22(16-20(24)21-14-19-6-5-13-25-19)15-17-7-9-18(10-8-17)23-11-3-2-4-12-23/h5-10,13H,2-4,11-12,14-16H2,1H3,(H,21,24). The van der Waals surface area contributed by atoms with E-state index < -0.39 is 0 Å². The molecule has 1 amide bonds. The summed E-state index contributed by atoms with van der Waals surface area (Å²) in [7, 11) is 1.96. The Morgan fingerprint density at radius 2 is 1.92 bits per heavy atom. The Hall–Kier alpha value is -2.27. The Morgan fingerprint density at radius 3 is 2.60 bits per heavy atom. The predicted octanol–water partition coefficient (Wildman–Crippen LogP) is 3.02. The van der Waals surface area contributed by atoms with E-state index in [1.165, 1.54) is 30.5 Å². The third-order valence-electron chi connectivity index (χ3n) is 4.56. The van der Waals surface area contributed by atoms with Crippen molar-refractivity contribution in [3.63, 3.8) is 0 Å². The average molecular weight is 341 g/mol. The summed E-state index contributed by atoms with van der Waals surface area (Å²) < 4.78 is 5.21. The van der Waals surface area contributed by atoms with Crippen LogP contribution in [0.15, 0.2) is 47.1 Å². The second-order valence-electron chi connectivity index (χ2n) is 6.74. The van der Waals surface area contributed by atoms with Crippen molar-refractivity contribution in [3.8, 4) is 0 Å². The second kappa shape index (κ2) is 8.72. The largest absolute Gasteiger partial charge is 0.467 e. The molecule has 0 radical (unpaired) electrons. The predicted molar refractivity (Wildman–Crippen MR) is 99.4 cm³/mol. The number of anilines is 1. The SMILES string of the molecule is CN(CC(=O)NCc1ccco1)Cc1ccc(N2CCCCC2)cc1. The van der Waals surface area contributed by atoms with Crippen LogP contribution in [0.5, 0.6) is 0 Å². The van der Waals surface area contributed by atoms with Crippen LogP contribution < -0.4 is 10.2 Å². The Labute approximate surface area is 149 Å². The van der Waals surface area contributed by atoms with E-state index in [4.69, 9.17) is 4.42 Å². The smallest absolute Gasteiger partial charge is 0.234 e. The van der Waals surface area contributed by atoms with Gasteiger partial charge in [0.05, 0.1) is 19.4 Å². The van der Waals surface area contributed by atoms with Gasteiger partial charge in [0.25, 0.3) is 0 Å². The fourth-order valence-corrected chi connectivity index (χ4v) is 3.23. The molecule has 0 unspecified atom stereocenters. The number of carbonyl (C=O) groups excluding carboxylic acids is 1. The number of likely N-dealkylation sites (N-methyl/N-ethyl adjacent to an activating group) is 1. The highest BCUT2D eigenvalue weighted by Crippen LogP contribution is 2.20. The number of amides is 1. The topological polar surface area (TPSA) is 48.7 Å². The molecular formula is C20H27N3O2. The Bertz CT molecular complexity index is 646. The lowest BCUT2D eigenvalue weighted by Crippen LogP contribution is -2.34. The lowest BCUT2D eigenvalue weighted by atomic mass is 10.1. The van der Waals surface area contributed by atoms with Gasteiger partial charge in [-0.2, -0.15) is 0 Å². The van der Waals surface area contributed by atoms with Crippen molar-refractivity contribution in [1.82, 2.24) is 10.2 Å². The van der Waals surface area contributed by atoms with Crippen LogP contribution in [0.1, 0.15) is 30.6 Å². The van der Waals surface area contributed by atoms with Crippen LogP contribution in [0, 0.1) is 0 Å². The van der Waals surface area contributed by atoms with E-state index in [0.717, 1.165) is 25.4 Å². The van der Waals surface area contributed by atoms with Gasteiger partial charge in [-0.15, -0.1) is 0 Å². The van der Waals surface area contributed by atoms with Gasteiger partial charge >= 0.3 is 0 Å². The van der Waals surface area contributed by atoms with E-state index in [1.54, 1.807) is 6.26 Å². The number of benzene rings is 1. The lowest BCUT2D eigenvalue weighted by Gasteiger charge is -2.29. The van der Waals surface area contributed by atoms with Crippen LogP contribution in [0.3, 0.4) is 0 Å². The molecule has 0 atom stereocenters. The van der Waals surface area contributed by atoms with Crippen molar-refractivity contribution in [1.29, 1.82) is 0 Å². The highest BCUT2D eigenvalue weighted by Gasteiger charge is 2.11. The Morgan fingerprint density at radius 1 is 1.16 bits per heavy atom. The highest BCUT2D eigenvalue weighted by atomic mass is 16.3. The van der Waals surface area contributed by atoms with Crippen molar-refractivity contribution in [3.05, 3.63) is 54.0 Å². The molecule has 1 aliphatic heterocycles. The molecule has 1 aliphatic rings. The van der Waals surface area contributed by atoms with Gasteiger partial charge in [-0.3, -0.25) is 9.69 Å². The number of rotatable bonds is 7. The fourth-order valence-electron chi connectivity index (χ4n) is 3.23. The summed E-state index contributed by atoms with van der Waals surface area (Å²) in [5.74, 6) is 0.771. The minimum Gasteiger partial charge on any atom is -0.467 e. The molecule has 134 valence electrons. The first-order valence-corrected chi connectivity index (χ1v) is 9.02. The van der Waals surface area contributed by atoms with E-state index in [1.807, 2.05) is 24.1 Å². The summed E-state index contributed by atoms with van der Waals surface area (Å²) in [6.45, 7) is 3.89. The maximum absolute atomic E-state index is 12.0. The van der Waals surface area contributed by atoms with E-state index in [9.17, 15) is 4.79 Å². The summed E-state index contributed by atoms with van der Waals surface area (Å²) in [6.07, 6.45) is 5.54. The molecule has 1 aromatic carbocycles. The summed E-state index contributed by atoms with van der Waals surface area (Å²) in [5, 5.41) is 2.87. The zero-order valence-corrected chi connectivity index (χ0v) is 14.9. The number of carbonyl (C=O) groups is 1. The molecule has 1 N–H and O–H groups in total. The number of nitrogens with one attached hydrogen (secondary N) is 1. The molecule has 3 rings (SSSR count). The molecule has 1 fully saturated rings. The second-order valence-corrected chi connectivity index (χ2v) is 6.74. The molecule has 5 heteroatoms. The third-order valence-corrected chi connectivity index (χ3v) is 4.56. The summed E-state index contributed by atoms with van der Waals surface area (Å²) in [5.41, 5.74) is 2.53. The van der Waals surface area contributed by atoms with Gasteiger partial charge in [0.1, 0.15) is 5.76 Å². The van der Waals surface area contributed by atoms with Gasteiger partial charge in [-0.1, -0.05) is 12.1 Å². The van der Waals surface area contributed by atoms with Crippen LogP contribution in [0.4, 0.5) is 5.69 Å². The molecule has 25 heavy (non-hydrogen) atoms. The van der Waals surface area contributed by atoms with Gasteiger partial charge in [-0.25, -0.2) is 0 Å². The molecule has 2 heterocycles. The van der Waals surface area contributed by atoms with Gasteiger partial charge in [0.2, 0.25) is 5.91 Å². The van der Waals surface area contributed by atoms with Crippen molar-refractivity contribution in [2.45, 2.75) is 32.4 Å². The number of hydrogen-bond donors (Lipinski definition) is 1. The van der Waals surface area contributed by atoms with Crippen LogP contribution in [-0.2, 0) is 17.9 Å². The molecule has 0 spiro atoms. The Kier molecular flexibility index (Phi) is 6.12. The van der Waals surface area contributed by atoms with Gasteiger partial charge in [0.15, 0.2) is 0 Å². The first kappa shape index (κ1) is 17.5. The zero-order chi connectivity index (χ0) is 17.5. The minimum absolute atomic E-state index is 0.00355. The van der Waals surface area contributed by atoms with Crippen molar-refractivity contribution in [2.24, 2.45) is 0 Å². The molecule has 5 nitrogen and oxygen atoms in total. The normalized spacial score (nSPS) is 14.7.